The molecule has 5 amide bonds. The zero-order valence-electron chi connectivity index (χ0n) is 33.7. The summed E-state index contributed by atoms with van der Waals surface area (Å²) in [5.74, 6) is -1.31. The Labute approximate surface area is 357 Å². The Bertz CT molecular complexity index is 2290. The number of anilines is 2. The van der Waals surface area contributed by atoms with Crippen LogP contribution in [0.25, 0.3) is 4.85 Å². The first-order chi connectivity index (χ1) is 29.5. The summed E-state index contributed by atoms with van der Waals surface area (Å²) in [4.78, 5) is 83.6. The number of benzene rings is 2. The molecule has 0 radical (unpaired) electrons. The van der Waals surface area contributed by atoms with Crippen molar-refractivity contribution in [3.63, 3.8) is 0 Å². The molecule has 2 N–H and O–H groups in total. The van der Waals surface area contributed by atoms with Gasteiger partial charge in [0, 0.05) is 50.6 Å². The molecule has 15 nitrogen and oxygen atoms in total. The number of imide groups is 2. The molecule has 3 aromatic rings. The van der Waals surface area contributed by atoms with Crippen molar-refractivity contribution in [2.75, 3.05) is 55.6 Å². The quantitative estimate of drug-likeness (QED) is 0.216. The first-order valence-corrected chi connectivity index (χ1v) is 21.6. The summed E-state index contributed by atoms with van der Waals surface area (Å²) in [6, 6.07) is 6.60. The van der Waals surface area contributed by atoms with Gasteiger partial charge in [0.05, 0.1) is 46.9 Å². The van der Waals surface area contributed by atoms with Gasteiger partial charge in [-0.3, -0.25) is 34.2 Å². The third-order valence-corrected chi connectivity index (χ3v) is 13.8. The Morgan fingerprint density at radius 1 is 0.918 bits per heavy atom. The van der Waals surface area contributed by atoms with Gasteiger partial charge in [-0.1, -0.05) is 17.7 Å². The number of likely N-dealkylation sites (tertiary alicyclic amines) is 1. The van der Waals surface area contributed by atoms with Crippen LogP contribution in [0.15, 0.2) is 42.7 Å². The van der Waals surface area contributed by atoms with E-state index < -0.39 is 35.5 Å². The molecule has 1 spiro atoms. The normalized spacial score (nSPS) is 24.3. The van der Waals surface area contributed by atoms with Crippen LogP contribution in [0.3, 0.4) is 0 Å². The second-order valence-corrected chi connectivity index (χ2v) is 17.8. The number of nitrogens with zero attached hydrogens (tertiary/aromatic N) is 7. The molecule has 61 heavy (non-hydrogen) atoms. The summed E-state index contributed by atoms with van der Waals surface area (Å²) < 4.78 is 21.5. The predicted octanol–water partition coefficient (Wildman–Crippen LogP) is 5.16. The number of rotatable bonds is 9. The predicted molar refractivity (Wildman–Crippen MR) is 222 cm³/mol. The van der Waals surface area contributed by atoms with Crippen molar-refractivity contribution >= 4 is 58.3 Å². The number of hydrogen-bond donors (Lipinski definition) is 2. The van der Waals surface area contributed by atoms with Crippen LogP contribution in [0.4, 0.5) is 21.6 Å². The van der Waals surface area contributed by atoms with Crippen LogP contribution in [0.5, 0.6) is 5.75 Å². The Kier molecular flexibility index (Phi) is 11.1. The van der Waals surface area contributed by atoms with E-state index in [0.717, 1.165) is 101 Å². The average molecular weight is 852 g/mol. The maximum absolute atomic E-state index is 15.4. The lowest BCUT2D eigenvalue weighted by atomic mass is 9.71. The molecule has 4 saturated heterocycles. The SMILES string of the molecule is [C-]#[N+]c1ccc(OC2CCC(NC(=O)c3cnc(N4CCC(CN5CCC6(CC5)CN(c5cc7c(cc5F)C(=O)N(C5CCC(=O)NC5=O)C7=O)C6)CC4)cn3)CC2)cc1Cl. The van der Waals surface area contributed by atoms with E-state index in [1.54, 1.807) is 30.6 Å². The Morgan fingerprint density at radius 2 is 1.64 bits per heavy atom. The number of amides is 5. The molecule has 5 fully saturated rings. The van der Waals surface area contributed by atoms with Gasteiger partial charge >= 0.3 is 0 Å². The molecule has 5 aliphatic heterocycles. The van der Waals surface area contributed by atoms with E-state index in [2.05, 4.69) is 35.2 Å². The monoisotopic (exact) mass is 851 g/mol. The molecule has 0 bridgehead atoms. The standard InChI is InChI=1S/C44H47ClFN9O6/c1-47-34-7-6-29(18-32(34)45)61-28-4-2-27(3-5-28)50-40(57)35-21-49-38(22-48-35)53-14-10-26(11-15-53)23-52-16-12-44(13-17-52)24-54(25-44)37-20-31-30(19-33(37)46)42(59)55(43(31)60)36-8-9-39(56)51-41(36)58/h6-7,18-22,26-28,36H,2-5,8-17,23-25H2,(H,50,57)(H,51,56,58). The van der Waals surface area contributed by atoms with Crippen LogP contribution in [-0.2, 0) is 9.59 Å². The zero-order chi connectivity index (χ0) is 42.4. The summed E-state index contributed by atoms with van der Waals surface area (Å²) >= 11 is 6.16. The molecule has 1 aromatic heterocycles. The van der Waals surface area contributed by atoms with Gasteiger partial charge in [-0.05, 0) is 101 Å². The number of carbonyl (C=O) groups is 5. The zero-order valence-corrected chi connectivity index (χ0v) is 34.5. The Morgan fingerprint density at radius 3 is 2.30 bits per heavy atom. The van der Waals surface area contributed by atoms with Crippen molar-refractivity contribution < 1.29 is 33.1 Å². The van der Waals surface area contributed by atoms with Crippen LogP contribution in [0, 0.1) is 23.7 Å². The van der Waals surface area contributed by atoms with Crippen molar-refractivity contribution in [2.45, 2.75) is 82.4 Å². The summed E-state index contributed by atoms with van der Waals surface area (Å²) in [7, 11) is 0. The highest BCUT2D eigenvalue weighted by atomic mass is 35.5. The first kappa shape index (κ1) is 40.7. The summed E-state index contributed by atoms with van der Waals surface area (Å²) in [6.45, 7) is 13.2. The van der Waals surface area contributed by atoms with Crippen molar-refractivity contribution in [3.8, 4) is 5.75 Å². The van der Waals surface area contributed by atoms with E-state index in [9.17, 15) is 24.0 Å². The van der Waals surface area contributed by atoms with Crippen LogP contribution in [0.1, 0.15) is 95.4 Å². The van der Waals surface area contributed by atoms with Gasteiger partial charge in [-0.2, -0.15) is 0 Å². The first-order valence-electron chi connectivity index (χ1n) is 21.2. The fourth-order valence-corrected chi connectivity index (χ4v) is 10.1. The second-order valence-electron chi connectivity index (χ2n) is 17.4. The number of hydrogen-bond acceptors (Lipinski definition) is 11. The summed E-state index contributed by atoms with van der Waals surface area (Å²) in [6.07, 6.45) is 10.5. The largest absolute Gasteiger partial charge is 0.490 e. The second kappa shape index (κ2) is 16.7. The van der Waals surface area contributed by atoms with Gasteiger partial charge in [0.15, 0.2) is 0 Å². The maximum atomic E-state index is 15.4. The molecule has 9 rings (SSSR count). The minimum absolute atomic E-state index is 0.0190. The lowest BCUT2D eigenvalue weighted by molar-refractivity contribution is -0.136. The third-order valence-electron chi connectivity index (χ3n) is 13.5. The summed E-state index contributed by atoms with van der Waals surface area (Å²) in [5, 5.41) is 5.67. The molecular formula is C44H47ClFN9O6. The van der Waals surface area contributed by atoms with E-state index in [-0.39, 0.29) is 47.4 Å². The number of carbonyl (C=O) groups excluding carboxylic acids is 5. The smallest absolute Gasteiger partial charge is 0.271 e. The number of piperidine rings is 3. The van der Waals surface area contributed by atoms with Gasteiger partial charge in [0.1, 0.15) is 29.1 Å². The fourth-order valence-electron chi connectivity index (χ4n) is 9.92. The minimum Gasteiger partial charge on any atom is -0.490 e. The molecule has 17 heteroatoms. The van der Waals surface area contributed by atoms with E-state index in [1.807, 2.05) is 4.90 Å². The van der Waals surface area contributed by atoms with Crippen LogP contribution < -0.4 is 25.2 Å². The Balaban J connectivity index is 0.692. The lowest BCUT2D eigenvalue weighted by Gasteiger charge is -2.55. The highest BCUT2D eigenvalue weighted by molar-refractivity contribution is 6.33. The van der Waals surface area contributed by atoms with Gasteiger partial charge < -0.3 is 24.8 Å². The molecular weight excluding hydrogens is 805 g/mol. The third kappa shape index (κ3) is 8.25. The van der Waals surface area contributed by atoms with E-state index >= 15 is 4.39 Å². The fraction of sp³-hybridized carbons (Fsp3) is 0.500. The number of fused-ring (bicyclic) bond motifs is 1. The van der Waals surface area contributed by atoms with Crippen molar-refractivity contribution in [2.24, 2.45) is 11.3 Å². The molecule has 1 atom stereocenters. The Hall–Kier alpha value is -5.66. The lowest BCUT2D eigenvalue weighted by Crippen LogP contribution is -2.61. The summed E-state index contributed by atoms with van der Waals surface area (Å²) in [5.41, 5.74) is 1.10. The molecule has 318 valence electrons. The van der Waals surface area contributed by atoms with Crippen LogP contribution >= 0.6 is 11.6 Å². The highest BCUT2D eigenvalue weighted by Gasteiger charge is 2.48. The molecule has 1 saturated carbocycles. The van der Waals surface area contributed by atoms with Crippen molar-refractivity contribution in [1.82, 2.24) is 30.4 Å². The molecule has 1 unspecified atom stereocenters. The van der Waals surface area contributed by atoms with Crippen LogP contribution in [0.2, 0.25) is 5.02 Å². The minimum atomic E-state index is -1.09. The molecule has 1 aliphatic carbocycles. The maximum Gasteiger partial charge on any atom is 0.271 e. The van der Waals surface area contributed by atoms with Gasteiger partial charge in [-0.25, -0.2) is 19.2 Å². The number of aromatic nitrogens is 2. The van der Waals surface area contributed by atoms with Crippen molar-refractivity contribution in [1.29, 1.82) is 0 Å². The van der Waals surface area contributed by atoms with E-state index in [1.165, 1.54) is 6.07 Å². The van der Waals surface area contributed by atoms with E-state index in [0.29, 0.717) is 46.8 Å². The highest BCUT2D eigenvalue weighted by Crippen LogP contribution is 2.45. The van der Waals surface area contributed by atoms with Crippen LogP contribution in [-0.4, -0.2) is 113 Å². The van der Waals surface area contributed by atoms with E-state index in [4.69, 9.17) is 22.9 Å². The number of halogens is 2. The van der Waals surface area contributed by atoms with Gasteiger partial charge in [-0.15, -0.1) is 0 Å². The number of ether oxygens (including phenoxy) is 1. The molecule has 6 aliphatic rings. The molecule has 2 aromatic carbocycles. The van der Waals surface area contributed by atoms with Gasteiger partial charge in [0.25, 0.3) is 17.7 Å². The molecule has 6 heterocycles. The average Bonchev–Trinajstić information content (AvgIpc) is 3.48. The number of nitrogens with one attached hydrogen (secondary N) is 2. The van der Waals surface area contributed by atoms with Gasteiger partial charge in [0.2, 0.25) is 17.5 Å². The van der Waals surface area contributed by atoms with Crippen molar-refractivity contribution in [3.05, 3.63) is 81.8 Å². The topological polar surface area (TPSA) is 162 Å².